The van der Waals surface area contributed by atoms with Gasteiger partial charge in [0.15, 0.2) is 5.78 Å². The molecular weight excluding hydrogens is 128 g/mol. The van der Waals surface area contributed by atoms with Crippen LogP contribution in [0.25, 0.3) is 0 Å². The Bertz CT molecular complexity index is 129. The van der Waals surface area contributed by atoms with Gasteiger partial charge in [0.2, 0.25) is 6.10 Å². The van der Waals surface area contributed by atoms with E-state index in [0.717, 1.165) is 0 Å². The number of hydrogen-bond donors (Lipinski definition) is 3. The summed E-state index contributed by atoms with van der Waals surface area (Å²) in [7, 11) is 0. The number of rotatable bonds is 3. The third-order valence-electron chi connectivity index (χ3n) is 0.695. The Balaban J connectivity index is 3.88. The highest BCUT2D eigenvalue weighted by atomic mass is 16.4. The van der Waals surface area contributed by atoms with Gasteiger partial charge in [0.1, 0.15) is 6.61 Å². The summed E-state index contributed by atoms with van der Waals surface area (Å²) < 4.78 is 0. The maximum atomic E-state index is 10.1. The largest absolute Gasteiger partial charge is 0.479 e. The molecular formula is C4H6O5. The number of ketones is 1. The second-order valence-electron chi connectivity index (χ2n) is 1.37. The van der Waals surface area contributed by atoms with E-state index in [4.69, 9.17) is 15.3 Å². The van der Waals surface area contributed by atoms with E-state index in [0.29, 0.717) is 0 Å². The molecule has 5 heteroatoms. The summed E-state index contributed by atoms with van der Waals surface area (Å²) in [5.41, 5.74) is 0. The molecule has 0 aromatic carbocycles. The van der Waals surface area contributed by atoms with Crippen molar-refractivity contribution in [1.82, 2.24) is 0 Å². The van der Waals surface area contributed by atoms with Crippen molar-refractivity contribution in [3.63, 3.8) is 0 Å². The number of Topliss-reactive ketones (excluding diaryl/α,β-unsaturated/α-hetero) is 1. The minimum atomic E-state index is -2.09. The van der Waals surface area contributed by atoms with Crippen molar-refractivity contribution in [2.45, 2.75) is 6.10 Å². The minimum Gasteiger partial charge on any atom is -0.479 e. The Morgan fingerprint density at radius 3 is 2.00 bits per heavy atom. The molecule has 5 nitrogen and oxygen atoms in total. The van der Waals surface area contributed by atoms with Crippen molar-refractivity contribution in [3.8, 4) is 0 Å². The number of aliphatic hydroxyl groups excluding tert-OH is 2. The van der Waals surface area contributed by atoms with E-state index in [9.17, 15) is 9.59 Å². The van der Waals surface area contributed by atoms with E-state index in [1.165, 1.54) is 0 Å². The second kappa shape index (κ2) is 3.16. The fraction of sp³-hybridized carbons (Fsp3) is 0.500. The normalized spacial score (nSPS) is 12.7. The molecule has 3 N–H and O–H groups in total. The maximum absolute atomic E-state index is 10.1. The lowest BCUT2D eigenvalue weighted by Gasteiger charge is -1.98. The molecule has 0 rings (SSSR count). The number of carboxylic acid groups (broad SMARTS) is 1. The molecule has 0 aliphatic heterocycles. The van der Waals surface area contributed by atoms with Gasteiger partial charge >= 0.3 is 5.97 Å². The van der Waals surface area contributed by atoms with Gasteiger partial charge in [0.05, 0.1) is 0 Å². The summed E-state index contributed by atoms with van der Waals surface area (Å²) in [5, 5.41) is 24.2. The first-order valence-corrected chi connectivity index (χ1v) is 2.14. The zero-order chi connectivity index (χ0) is 7.44. The molecule has 0 fully saturated rings. The van der Waals surface area contributed by atoms with E-state index in [1.807, 2.05) is 0 Å². The Morgan fingerprint density at radius 2 is 1.89 bits per heavy atom. The average Bonchev–Trinajstić information content (AvgIpc) is 1.84. The number of aliphatic carboxylic acids is 1. The first-order valence-electron chi connectivity index (χ1n) is 2.14. The van der Waals surface area contributed by atoms with Crippen molar-refractivity contribution >= 4 is 11.8 Å². The Hall–Kier alpha value is -0.940. The van der Waals surface area contributed by atoms with Crippen LogP contribution in [0.15, 0.2) is 0 Å². The predicted octanol–water partition coefficient (Wildman–Crippen LogP) is -2.01. The van der Waals surface area contributed by atoms with Gasteiger partial charge in [-0.1, -0.05) is 0 Å². The topological polar surface area (TPSA) is 94.8 Å². The van der Waals surface area contributed by atoms with Gasteiger partial charge < -0.3 is 15.3 Å². The minimum absolute atomic E-state index is 0.951. The number of carbonyl (C=O) groups excluding carboxylic acids is 1. The van der Waals surface area contributed by atoms with Gasteiger partial charge in [-0.05, 0) is 0 Å². The highest BCUT2D eigenvalue weighted by Crippen LogP contribution is 1.83. The molecule has 0 amide bonds. The summed E-state index contributed by atoms with van der Waals surface area (Å²) in [6.07, 6.45) is -2.09. The Kier molecular flexibility index (Phi) is 2.83. The van der Waals surface area contributed by atoms with E-state index in [-0.39, 0.29) is 0 Å². The van der Waals surface area contributed by atoms with E-state index in [1.54, 1.807) is 0 Å². The van der Waals surface area contributed by atoms with Crippen LogP contribution in [0.3, 0.4) is 0 Å². The molecule has 0 bridgehead atoms. The van der Waals surface area contributed by atoms with Crippen LogP contribution < -0.4 is 0 Å². The molecule has 0 saturated heterocycles. The van der Waals surface area contributed by atoms with Gasteiger partial charge in [0.25, 0.3) is 0 Å². The molecule has 0 spiro atoms. The highest BCUT2D eigenvalue weighted by Gasteiger charge is 2.20. The molecule has 0 saturated carbocycles. The number of hydrogen-bond acceptors (Lipinski definition) is 4. The summed E-state index contributed by atoms with van der Waals surface area (Å²) >= 11 is 0. The molecule has 1 atom stereocenters. The average molecular weight is 134 g/mol. The number of aliphatic hydroxyl groups is 2. The molecule has 0 aromatic heterocycles. The first kappa shape index (κ1) is 8.06. The Labute approximate surface area is 50.5 Å². The molecule has 0 heterocycles. The third kappa shape index (κ3) is 2.20. The van der Waals surface area contributed by atoms with Gasteiger partial charge in [-0.3, -0.25) is 4.79 Å². The molecule has 0 aromatic rings. The summed E-state index contributed by atoms with van der Waals surface area (Å²) in [6.45, 7) is -0.951. The third-order valence-corrected chi connectivity index (χ3v) is 0.695. The van der Waals surface area contributed by atoms with Crippen LogP contribution in [-0.4, -0.2) is 39.8 Å². The van der Waals surface area contributed by atoms with Crippen molar-refractivity contribution in [2.75, 3.05) is 6.61 Å². The maximum Gasteiger partial charge on any atom is 0.340 e. The van der Waals surface area contributed by atoms with Crippen molar-refractivity contribution < 1.29 is 24.9 Å². The van der Waals surface area contributed by atoms with Crippen LogP contribution in [0.4, 0.5) is 0 Å². The van der Waals surface area contributed by atoms with Crippen LogP contribution >= 0.6 is 0 Å². The van der Waals surface area contributed by atoms with Crippen LogP contribution in [0.1, 0.15) is 0 Å². The fourth-order valence-corrected chi connectivity index (χ4v) is 0.224. The lowest BCUT2D eigenvalue weighted by atomic mass is 10.2. The van der Waals surface area contributed by atoms with Gasteiger partial charge in [-0.25, -0.2) is 4.79 Å². The molecule has 52 valence electrons. The monoisotopic (exact) mass is 134 g/mol. The lowest BCUT2D eigenvalue weighted by Crippen LogP contribution is -2.31. The van der Waals surface area contributed by atoms with Crippen LogP contribution in [0.5, 0.6) is 0 Å². The molecule has 9 heavy (non-hydrogen) atoms. The number of carbonyl (C=O) groups is 2. The molecule has 0 aliphatic carbocycles. The van der Waals surface area contributed by atoms with Gasteiger partial charge in [-0.15, -0.1) is 0 Å². The van der Waals surface area contributed by atoms with Gasteiger partial charge in [-0.2, -0.15) is 0 Å². The predicted molar refractivity (Wildman–Crippen MR) is 25.7 cm³/mol. The molecule has 0 unspecified atom stereocenters. The van der Waals surface area contributed by atoms with Crippen LogP contribution in [-0.2, 0) is 9.59 Å². The van der Waals surface area contributed by atoms with Gasteiger partial charge in [0, 0.05) is 0 Å². The zero-order valence-corrected chi connectivity index (χ0v) is 4.44. The van der Waals surface area contributed by atoms with Crippen molar-refractivity contribution in [1.29, 1.82) is 0 Å². The lowest BCUT2D eigenvalue weighted by molar-refractivity contribution is -0.153. The number of carboxylic acids is 1. The first-order chi connectivity index (χ1) is 4.09. The highest BCUT2D eigenvalue weighted by molar-refractivity contribution is 6.01. The molecule has 0 radical (unpaired) electrons. The summed E-state index contributed by atoms with van der Waals surface area (Å²) in [6, 6.07) is 0. The van der Waals surface area contributed by atoms with E-state index in [2.05, 4.69) is 0 Å². The quantitative estimate of drug-likeness (QED) is 0.388. The summed E-state index contributed by atoms with van der Waals surface area (Å²) in [4.78, 5) is 19.8. The molecule has 0 aliphatic rings. The van der Waals surface area contributed by atoms with Crippen LogP contribution in [0.2, 0.25) is 0 Å². The fourth-order valence-electron chi connectivity index (χ4n) is 0.224. The smallest absolute Gasteiger partial charge is 0.340 e. The van der Waals surface area contributed by atoms with E-state index >= 15 is 0 Å². The zero-order valence-electron chi connectivity index (χ0n) is 4.44. The standard InChI is InChI=1S/C4H6O5/c5-1-2(6)3(7)4(8)9/h3,5,7H,1H2,(H,8,9)/t3-/m0/s1. The second-order valence-corrected chi connectivity index (χ2v) is 1.37. The Morgan fingerprint density at radius 1 is 1.44 bits per heavy atom. The SMILES string of the molecule is O=C(O)[C@@H](O)C(=O)CO. The van der Waals surface area contributed by atoms with Crippen LogP contribution in [0, 0.1) is 0 Å². The van der Waals surface area contributed by atoms with Crippen molar-refractivity contribution in [2.24, 2.45) is 0 Å². The van der Waals surface area contributed by atoms with E-state index < -0.39 is 24.5 Å². The van der Waals surface area contributed by atoms with Crippen molar-refractivity contribution in [3.05, 3.63) is 0 Å². The summed E-state index contributed by atoms with van der Waals surface area (Å²) in [5.74, 6) is -2.75.